The van der Waals surface area contributed by atoms with Crippen LogP contribution in [0.4, 0.5) is 5.13 Å². The van der Waals surface area contributed by atoms with Crippen LogP contribution in [0.25, 0.3) is 16.3 Å². The second-order valence-electron chi connectivity index (χ2n) is 6.26. The summed E-state index contributed by atoms with van der Waals surface area (Å²) in [4.78, 5) is 30.7. The molecular formula is C21H18N4O3S2. The van der Waals surface area contributed by atoms with Gasteiger partial charge < -0.3 is 4.74 Å². The average molecular weight is 439 g/mol. The van der Waals surface area contributed by atoms with Crippen molar-refractivity contribution in [3.8, 4) is 16.3 Å². The van der Waals surface area contributed by atoms with Gasteiger partial charge in [-0.25, -0.2) is 14.5 Å². The van der Waals surface area contributed by atoms with E-state index in [1.807, 2.05) is 47.8 Å². The van der Waals surface area contributed by atoms with E-state index in [2.05, 4.69) is 15.4 Å². The maximum Gasteiger partial charge on any atom is 0.350 e. The summed E-state index contributed by atoms with van der Waals surface area (Å²) in [6.07, 6.45) is 1.70. The minimum Gasteiger partial charge on any atom is -0.462 e. The SMILES string of the molecule is CCOC(=O)c1sc(NC(=O)c2cn(-c3ccccc3)nc2-c2cccs2)nc1C. The Bertz CT molecular complexity index is 1180. The normalized spacial score (nSPS) is 10.7. The number of thiazole rings is 1. The summed E-state index contributed by atoms with van der Waals surface area (Å²) in [5.74, 6) is -0.783. The van der Waals surface area contributed by atoms with E-state index in [4.69, 9.17) is 4.74 Å². The molecule has 0 aliphatic heterocycles. The number of hydrogen-bond acceptors (Lipinski definition) is 7. The van der Waals surface area contributed by atoms with Crippen molar-refractivity contribution in [1.29, 1.82) is 0 Å². The fourth-order valence-corrected chi connectivity index (χ4v) is 4.43. The Morgan fingerprint density at radius 3 is 2.67 bits per heavy atom. The van der Waals surface area contributed by atoms with Crippen LogP contribution in [-0.4, -0.2) is 33.2 Å². The van der Waals surface area contributed by atoms with Crippen LogP contribution < -0.4 is 5.32 Å². The monoisotopic (exact) mass is 438 g/mol. The number of aromatic nitrogens is 3. The number of amides is 1. The molecule has 0 radical (unpaired) electrons. The first-order valence-electron chi connectivity index (χ1n) is 9.21. The van der Waals surface area contributed by atoms with Gasteiger partial charge >= 0.3 is 5.97 Å². The van der Waals surface area contributed by atoms with Gasteiger partial charge in [-0.15, -0.1) is 11.3 Å². The minimum absolute atomic E-state index is 0.278. The topological polar surface area (TPSA) is 86.1 Å². The van der Waals surface area contributed by atoms with Crippen molar-refractivity contribution < 1.29 is 14.3 Å². The highest BCUT2D eigenvalue weighted by Gasteiger charge is 2.22. The molecule has 30 heavy (non-hydrogen) atoms. The van der Waals surface area contributed by atoms with Gasteiger partial charge in [0, 0.05) is 6.20 Å². The zero-order valence-corrected chi connectivity index (χ0v) is 17.9. The van der Waals surface area contributed by atoms with Gasteiger partial charge in [-0.05, 0) is 37.4 Å². The quantitative estimate of drug-likeness (QED) is 0.437. The Morgan fingerprint density at radius 2 is 1.97 bits per heavy atom. The van der Waals surface area contributed by atoms with Gasteiger partial charge in [-0.2, -0.15) is 5.10 Å². The number of benzene rings is 1. The van der Waals surface area contributed by atoms with Crippen molar-refractivity contribution in [3.05, 3.63) is 70.2 Å². The van der Waals surface area contributed by atoms with E-state index in [0.29, 0.717) is 27.0 Å². The lowest BCUT2D eigenvalue weighted by atomic mass is 10.2. The Hall–Kier alpha value is -3.30. The van der Waals surface area contributed by atoms with Crippen molar-refractivity contribution in [2.45, 2.75) is 13.8 Å². The lowest BCUT2D eigenvalue weighted by molar-refractivity contribution is 0.0531. The van der Waals surface area contributed by atoms with Gasteiger partial charge in [0.1, 0.15) is 10.6 Å². The number of nitrogens with zero attached hydrogens (tertiary/aromatic N) is 3. The number of thiophene rings is 1. The molecule has 9 heteroatoms. The van der Waals surface area contributed by atoms with Gasteiger partial charge in [-0.3, -0.25) is 10.1 Å². The number of para-hydroxylation sites is 1. The third kappa shape index (κ3) is 4.03. The van der Waals surface area contributed by atoms with Crippen LogP contribution in [0.15, 0.2) is 54.0 Å². The first-order chi connectivity index (χ1) is 14.6. The molecule has 1 aromatic carbocycles. The Balaban J connectivity index is 1.66. The lowest BCUT2D eigenvalue weighted by Gasteiger charge is -2.01. The predicted molar refractivity (Wildman–Crippen MR) is 118 cm³/mol. The molecule has 0 unspecified atom stereocenters. The molecule has 0 aliphatic carbocycles. The number of esters is 1. The van der Waals surface area contributed by atoms with E-state index >= 15 is 0 Å². The number of anilines is 1. The van der Waals surface area contributed by atoms with Crippen molar-refractivity contribution in [2.24, 2.45) is 0 Å². The highest BCUT2D eigenvalue weighted by atomic mass is 32.1. The number of ether oxygens (including phenoxy) is 1. The van der Waals surface area contributed by atoms with E-state index in [9.17, 15) is 9.59 Å². The van der Waals surface area contributed by atoms with Crippen LogP contribution >= 0.6 is 22.7 Å². The molecule has 4 rings (SSSR count). The summed E-state index contributed by atoms with van der Waals surface area (Å²) >= 11 is 2.60. The Labute approximate surface area is 181 Å². The molecule has 3 aromatic heterocycles. The molecule has 1 N–H and O–H groups in total. The fourth-order valence-electron chi connectivity index (χ4n) is 2.85. The second kappa shape index (κ2) is 8.60. The number of carbonyl (C=O) groups is 2. The molecule has 7 nitrogen and oxygen atoms in total. The van der Waals surface area contributed by atoms with Crippen LogP contribution in [0.5, 0.6) is 0 Å². The maximum atomic E-state index is 13.1. The lowest BCUT2D eigenvalue weighted by Crippen LogP contribution is -2.12. The van der Waals surface area contributed by atoms with Crippen LogP contribution in [0.1, 0.15) is 32.6 Å². The molecule has 0 saturated heterocycles. The first-order valence-corrected chi connectivity index (χ1v) is 10.9. The van der Waals surface area contributed by atoms with E-state index in [1.165, 1.54) is 11.3 Å². The highest BCUT2D eigenvalue weighted by molar-refractivity contribution is 7.17. The average Bonchev–Trinajstić information content (AvgIpc) is 3.48. The number of carbonyl (C=O) groups excluding carboxylic acids is 2. The summed E-state index contributed by atoms with van der Waals surface area (Å²) in [7, 11) is 0. The van der Waals surface area contributed by atoms with Crippen LogP contribution in [0.2, 0.25) is 0 Å². The van der Waals surface area contributed by atoms with Gasteiger partial charge in [0.15, 0.2) is 5.13 Å². The van der Waals surface area contributed by atoms with Crippen LogP contribution in [0, 0.1) is 6.92 Å². The number of aryl methyl sites for hydroxylation is 1. The van der Waals surface area contributed by atoms with Gasteiger partial charge in [0.2, 0.25) is 0 Å². The second-order valence-corrected chi connectivity index (χ2v) is 8.20. The summed E-state index contributed by atoms with van der Waals surface area (Å²) in [6, 6.07) is 13.4. The van der Waals surface area contributed by atoms with E-state index in [1.54, 1.807) is 24.7 Å². The van der Waals surface area contributed by atoms with E-state index in [-0.39, 0.29) is 12.5 Å². The maximum absolute atomic E-state index is 13.1. The molecule has 0 aliphatic rings. The molecule has 3 heterocycles. The molecule has 0 spiro atoms. The fraction of sp³-hybridized carbons (Fsp3) is 0.143. The third-order valence-corrected chi connectivity index (χ3v) is 6.14. The predicted octanol–water partition coefficient (Wildman–Crippen LogP) is 4.79. The summed E-state index contributed by atoms with van der Waals surface area (Å²) < 4.78 is 6.72. The highest BCUT2D eigenvalue weighted by Crippen LogP contribution is 2.29. The Kier molecular flexibility index (Phi) is 5.73. The van der Waals surface area contributed by atoms with E-state index < -0.39 is 5.97 Å². The van der Waals surface area contributed by atoms with Crippen molar-refractivity contribution in [2.75, 3.05) is 11.9 Å². The van der Waals surface area contributed by atoms with Gasteiger partial charge in [0.25, 0.3) is 5.91 Å². The van der Waals surface area contributed by atoms with Crippen molar-refractivity contribution >= 4 is 39.7 Å². The molecule has 0 saturated carbocycles. The minimum atomic E-state index is -0.441. The van der Waals surface area contributed by atoms with E-state index in [0.717, 1.165) is 21.9 Å². The van der Waals surface area contributed by atoms with Gasteiger partial charge in [-0.1, -0.05) is 35.6 Å². The van der Waals surface area contributed by atoms with Crippen LogP contribution in [-0.2, 0) is 4.74 Å². The first kappa shape index (κ1) is 20.0. The van der Waals surface area contributed by atoms with Crippen molar-refractivity contribution in [1.82, 2.24) is 14.8 Å². The summed E-state index contributed by atoms with van der Waals surface area (Å²) in [5, 5.41) is 9.71. The molecule has 0 bridgehead atoms. The molecule has 1 amide bonds. The third-order valence-electron chi connectivity index (χ3n) is 4.21. The number of hydrogen-bond donors (Lipinski definition) is 1. The number of rotatable bonds is 6. The largest absolute Gasteiger partial charge is 0.462 e. The standard InChI is InChI=1S/C21H18N4O3S2/c1-3-28-20(27)18-13(2)22-21(30-18)23-19(26)15-12-25(14-8-5-4-6-9-14)24-17(15)16-10-7-11-29-16/h4-12H,3H2,1-2H3,(H,22,23,26). The smallest absolute Gasteiger partial charge is 0.350 e. The molecule has 0 atom stereocenters. The van der Waals surface area contributed by atoms with Crippen LogP contribution in [0.3, 0.4) is 0 Å². The number of nitrogens with one attached hydrogen (secondary N) is 1. The molecule has 4 aromatic rings. The summed E-state index contributed by atoms with van der Waals surface area (Å²) in [5.41, 5.74) is 2.38. The zero-order valence-electron chi connectivity index (χ0n) is 16.3. The Morgan fingerprint density at radius 1 is 1.17 bits per heavy atom. The molecular weight excluding hydrogens is 420 g/mol. The van der Waals surface area contributed by atoms with Gasteiger partial charge in [0.05, 0.1) is 28.4 Å². The van der Waals surface area contributed by atoms with Crippen molar-refractivity contribution in [3.63, 3.8) is 0 Å². The zero-order chi connectivity index (χ0) is 21.1. The summed E-state index contributed by atoms with van der Waals surface area (Å²) in [6.45, 7) is 3.73. The molecule has 0 fully saturated rings. The molecule has 152 valence electrons.